The van der Waals surface area contributed by atoms with Gasteiger partial charge in [0.2, 0.25) is 15.7 Å². The van der Waals surface area contributed by atoms with Crippen LogP contribution in [0.4, 0.5) is 5.69 Å². The van der Waals surface area contributed by atoms with E-state index in [-0.39, 0.29) is 22.2 Å². The Balaban J connectivity index is 1.36. The summed E-state index contributed by atoms with van der Waals surface area (Å²) in [5.41, 5.74) is 2.93. The van der Waals surface area contributed by atoms with Gasteiger partial charge in [0.1, 0.15) is 6.54 Å². The van der Waals surface area contributed by atoms with Gasteiger partial charge in [0.25, 0.3) is 0 Å². The van der Waals surface area contributed by atoms with Crippen LogP contribution in [0.25, 0.3) is 10.9 Å². The molecule has 0 bridgehead atoms. The van der Waals surface area contributed by atoms with Crippen molar-refractivity contribution in [3.8, 4) is 0 Å². The van der Waals surface area contributed by atoms with E-state index in [1.807, 2.05) is 35.2 Å². The van der Waals surface area contributed by atoms with Crippen LogP contribution in [0.2, 0.25) is 10.0 Å². The fraction of sp³-hybridized carbons (Fsp3) is 0.222. The first kappa shape index (κ1) is 24.7. The number of hydrogen-bond acceptors (Lipinski definition) is 4. The average Bonchev–Trinajstić information content (AvgIpc) is 3.25. The number of amides is 1. The van der Waals surface area contributed by atoms with Crippen LogP contribution in [0, 0.1) is 6.92 Å². The summed E-state index contributed by atoms with van der Waals surface area (Å²) in [7, 11) is -3.79. The number of aromatic nitrogens is 1. The summed E-state index contributed by atoms with van der Waals surface area (Å²) in [5.74, 6) is -0.0475. The Morgan fingerprint density at radius 3 is 2.28 bits per heavy atom. The second-order valence-electron chi connectivity index (χ2n) is 8.89. The Morgan fingerprint density at radius 2 is 1.56 bits per heavy atom. The molecule has 1 aliphatic rings. The standard InChI is InChI=1S/C27H25Cl2N3O3S/c1-19-6-7-21(29)16-25(19)30-12-14-31(15-13-30)27(33)18-32-17-26(23-4-2-3-5-24(23)32)36(34,35)22-10-8-20(28)9-11-22/h2-11,16-17H,12-15,18H2,1H3. The molecular formula is C27H25Cl2N3O3S. The van der Waals surface area contributed by atoms with E-state index in [2.05, 4.69) is 11.8 Å². The van der Waals surface area contributed by atoms with Crippen molar-refractivity contribution in [3.05, 3.63) is 88.5 Å². The van der Waals surface area contributed by atoms with E-state index in [4.69, 9.17) is 23.2 Å². The van der Waals surface area contributed by atoms with Crippen LogP contribution in [-0.4, -0.2) is 50.0 Å². The number of aryl methyl sites for hydroxylation is 1. The molecule has 186 valence electrons. The monoisotopic (exact) mass is 541 g/mol. The summed E-state index contributed by atoms with van der Waals surface area (Å²) in [4.78, 5) is 17.7. The Hall–Kier alpha value is -3.00. The number of carbonyl (C=O) groups is 1. The molecule has 6 nitrogen and oxygen atoms in total. The highest BCUT2D eigenvalue weighted by molar-refractivity contribution is 7.91. The van der Waals surface area contributed by atoms with Crippen LogP contribution >= 0.6 is 23.2 Å². The molecule has 0 saturated carbocycles. The predicted molar refractivity (Wildman–Crippen MR) is 144 cm³/mol. The highest BCUT2D eigenvalue weighted by atomic mass is 35.5. The number of carbonyl (C=O) groups excluding carboxylic acids is 1. The van der Waals surface area contributed by atoms with Gasteiger partial charge in [0.05, 0.1) is 9.79 Å². The lowest BCUT2D eigenvalue weighted by atomic mass is 10.1. The van der Waals surface area contributed by atoms with Crippen LogP contribution in [0.5, 0.6) is 0 Å². The number of fused-ring (bicyclic) bond motifs is 1. The maximum Gasteiger partial charge on any atom is 0.242 e. The van der Waals surface area contributed by atoms with Crippen molar-refractivity contribution in [2.24, 2.45) is 0 Å². The van der Waals surface area contributed by atoms with Crippen LogP contribution in [0.3, 0.4) is 0 Å². The third-order valence-electron chi connectivity index (χ3n) is 6.62. The molecule has 1 saturated heterocycles. The molecule has 5 rings (SSSR count). The van der Waals surface area contributed by atoms with E-state index >= 15 is 0 Å². The number of para-hydroxylation sites is 1. The molecule has 9 heteroatoms. The molecule has 3 aromatic carbocycles. The van der Waals surface area contributed by atoms with Crippen LogP contribution in [0.1, 0.15) is 5.56 Å². The highest BCUT2D eigenvalue weighted by Crippen LogP contribution is 2.31. The van der Waals surface area contributed by atoms with E-state index in [0.29, 0.717) is 47.1 Å². The average molecular weight is 542 g/mol. The molecular weight excluding hydrogens is 517 g/mol. The van der Waals surface area contributed by atoms with Gasteiger partial charge in [-0.15, -0.1) is 0 Å². The number of rotatable bonds is 5. The van der Waals surface area contributed by atoms with E-state index in [0.717, 1.165) is 11.3 Å². The molecule has 0 spiro atoms. The molecule has 1 amide bonds. The number of halogens is 2. The van der Waals surface area contributed by atoms with Gasteiger partial charge >= 0.3 is 0 Å². The van der Waals surface area contributed by atoms with Crippen LogP contribution in [-0.2, 0) is 21.2 Å². The number of nitrogens with zero attached hydrogens (tertiary/aromatic N) is 3. The van der Waals surface area contributed by atoms with Gasteiger partial charge in [-0.05, 0) is 55.0 Å². The molecule has 1 aliphatic heterocycles. The van der Waals surface area contributed by atoms with Gasteiger partial charge in [-0.1, -0.05) is 47.5 Å². The van der Waals surface area contributed by atoms with E-state index in [1.165, 1.54) is 12.1 Å². The zero-order chi connectivity index (χ0) is 25.4. The lowest BCUT2D eigenvalue weighted by Gasteiger charge is -2.37. The van der Waals surface area contributed by atoms with Crippen molar-refractivity contribution in [2.45, 2.75) is 23.3 Å². The second kappa shape index (κ2) is 9.81. The molecule has 36 heavy (non-hydrogen) atoms. The normalized spacial score (nSPS) is 14.4. The summed E-state index contributed by atoms with van der Waals surface area (Å²) in [5, 5.41) is 1.74. The van der Waals surface area contributed by atoms with Gasteiger partial charge < -0.3 is 14.4 Å². The van der Waals surface area contributed by atoms with Crippen molar-refractivity contribution in [1.29, 1.82) is 0 Å². The number of sulfone groups is 1. The zero-order valence-electron chi connectivity index (χ0n) is 19.7. The van der Waals surface area contributed by atoms with Crippen molar-refractivity contribution >= 4 is 55.5 Å². The summed E-state index contributed by atoms with van der Waals surface area (Å²) >= 11 is 12.1. The topological polar surface area (TPSA) is 62.6 Å². The summed E-state index contributed by atoms with van der Waals surface area (Å²) in [6.07, 6.45) is 1.57. The lowest BCUT2D eigenvalue weighted by Crippen LogP contribution is -2.49. The molecule has 0 aliphatic carbocycles. The number of benzene rings is 3. The number of piperazine rings is 1. The highest BCUT2D eigenvalue weighted by Gasteiger charge is 2.26. The fourth-order valence-electron chi connectivity index (χ4n) is 4.66. The maximum atomic E-state index is 13.4. The van der Waals surface area contributed by atoms with Crippen molar-refractivity contribution in [2.75, 3.05) is 31.1 Å². The van der Waals surface area contributed by atoms with Crippen molar-refractivity contribution in [3.63, 3.8) is 0 Å². The predicted octanol–water partition coefficient (Wildman–Crippen LogP) is 5.44. The van der Waals surface area contributed by atoms with E-state index < -0.39 is 9.84 Å². The zero-order valence-corrected chi connectivity index (χ0v) is 22.0. The van der Waals surface area contributed by atoms with Crippen LogP contribution < -0.4 is 4.90 Å². The second-order valence-corrected chi connectivity index (χ2v) is 11.7. The molecule has 2 heterocycles. The van der Waals surface area contributed by atoms with Gasteiger partial charge in [0.15, 0.2) is 0 Å². The summed E-state index contributed by atoms with van der Waals surface area (Å²) in [6.45, 7) is 4.69. The van der Waals surface area contributed by atoms with Gasteiger partial charge in [-0.3, -0.25) is 4.79 Å². The maximum absolute atomic E-state index is 13.4. The van der Waals surface area contributed by atoms with E-state index in [9.17, 15) is 13.2 Å². The van der Waals surface area contributed by atoms with Crippen molar-refractivity contribution < 1.29 is 13.2 Å². The molecule has 1 aromatic heterocycles. The molecule has 0 atom stereocenters. The molecule has 4 aromatic rings. The van der Waals surface area contributed by atoms with Crippen LogP contribution in [0.15, 0.2) is 82.7 Å². The minimum absolute atomic E-state index is 0.0475. The Labute approximate surface area is 220 Å². The Bertz CT molecular complexity index is 1540. The minimum atomic E-state index is -3.79. The molecule has 0 N–H and O–H groups in total. The first-order chi connectivity index (χ1) is 17.2. The Kier molecular flexibility index (Phi) is 6.72. The third kappa shape index (κ3) is 4.71. The largest absolute Gasteiger partial charge is 0.368 e. The third-order valence-corrected chi connectivity index (χ3v) is 8.90. The quantitative estimate of drug-likeness (QED) is 0.337. The Morgan fingerprint density at radius 1 is 0.889 bits per heavy atom. The number of hydrogen-bond donors (Lipinski definition) is 0. The lowest BCUT2D eigenvalue weighted by molar-refractivity contribution is -0.132. The number of anilines is 1. The van der Waals surface area contributed by atoms with Crippen molar-refractivity contribution in [1.82, 2.24) is 9.47 Å². The molecule has 0 radical (unpaired) electrons. The summed E-state index contributed by atoms with van der Waals surface area (Å²) < 4.78 is 28.6. The minimum Gasteiger partial charge on any atom is -0.368 e. The van der Waals surface area contributed by atoms with Gasteiger partial charge in [-0.25, -0.2) is 8.42 Å². The SMILES string of the molecule is Cc1ccc(Cl)cc1N1CCN(C(=O)Cn2cc(S(=O)(=O)c3ccc(Cl)cc3)c3ccccc32)CC1. The van der Waals surface area contributed by atoms with Gasteiger partial charge in [-0.2, -0.15) is 0 Å². The summed E-state index contributed by atoms with van der Waals surface area (Å²) in [6, 6.07) is 19.2. The van der Waals surface area contributed by atoms with Gasteiger partial charge in [0, 0.05) is 59.0 Å². The first-order valence-electron chi connectivity index (χ1n) is 11.6. The van der Waals surface area contributed by atoms with E-state index in [1.54, 1.807) is 35.0 Å². The molecule has 0 unspecified atom stereocenters. The fourth-order valence-corrected chi connectivity index (χ4v) is 6.43. The molecule has 1 fully saturated rings. The smallest absolute Gasteiger partial charge is 0.242 e. The first-order valence-corrected chi connectivity index (χ1v) is 13.9.